The van der Waals surface area contributed by atoms with E-state index in [4.69, 9.17) is 5.26 Å². The largest absolute Gasteiger partial charge is 0.361 e. The zero-order valence-electron chi connectivity index (χ0n) is 9.26. The molecule has 0 bridgehead atoms. The SMILES string of the molecule is Cc1ccc(C)c(N(C)CC#N)c1C. The lowest BCUT2D eigenvalue weighted by Gasteiger charge is -2.21. The summed E-state index contributed by atoms with van der Waals surface area (Å²) in [5.41, 5.74) is 4.95. The monoisotopic (exact) mass is 188 g/mol. The molecule has 0 saturated carbocycles. The molecule has 0 amide bonds. The van der Waals surface area contributed by atoms with Crippen LogP contribution in [-0.2, 0) is 0 Å². The van der Waals surface area contributed by atoms with E-state index in [0.29, 0.717) is 6.54 Å². The lowest BCUT2D eigenvalue weighted by Crippen LogP contribution is -2.19. The van der Waals surface area contributed by atoms with Crippen molar-refractivity contribution in [3.05, 3.63) is 28.8 Å². The van der Waals surface area contributed by atoms with Crippen LogP contribution >= 0.6 is 0 Å². The molecule has 0 heterocycles. The molecule has 74 valence electrons. The lowest BCUT2D eigenvalue weighted by atomic mass is 10.0. The van der Waals surface area contributed by atoms with Crippen molar-refractivity contribution in [1.82, 2.24) is 0 Å². The van der Waals surface area contributed by atoms with Crippen LogP contribution in [0.25, 0.3) is 0 Å². The third-order valence-corrected chi connectivity index (χ3v) is 2.59. The standard InChI is InChI=1S/C12H16N2/c1-9-5-6-10(2)12(11(9)3)14(4)8-7-13/h5-6H,8H2,1-4H3. The fraction of sp³-hybridized carbons (Fsp3) is 0.417. The number of rotatable bonds is 2. The van der Waals surface area contributed by atoms with Gasteiger partial charge in [0.15, 0.2) is 0 Å². The number of nitrogens with zero attached hydrogens (tertiary/aromatic N) is 2. The second kappa shape index (κ2) is 4.15. The smallest absolute Gasteiger partial charge is 0.105 e. The predicted octanol–water partition coefficient (Wildman–Crippen LogP) is 2.57. The lowest BCUT2D eigenvalue weighted by molar-refractivity contribution is 1.01. The van der Waals surface area contributed by atoms with Gasteiger partial charge in [-0.25, -0.2) is 0 Å². The summed E-state index contributed by atoms with van der Waals surface area (Å²) in [5.74, 6) is 0. The Kier molecular flexibility index (Phi) is 3.14. The van der Waals surface area contributed by atoms with Gasteiger partial charge < -0.3 is 4.90 Å². The van der Waals surface area contributed by atoms with Crippen molar-refractivity contribution in [2.24, 2.45) is 0 Å². The molecule has 14 heavy (non-hydrogen) atoms. The first-order chi connectivity index (χ1) is 6.57. The minimum atomic E-state index is 0.436. The van der Waals surface area contributed by atoms with E-state index in [0.717, 1.165) is 0 Å². The summed E-state index contributed by atoms with van der Waals surface area (Å²) in [5, 5.41) is 8.66. The number of nitriles is 1. The number of benzene rings is 1. The van der Waals surface area contributed by atoms with Gasteiger partial charge in [0, 0.05) is 12.7 Å². The Morgan fingerprint density at radius 3 is 2.36 bits per heavy atom. The summed E-state index contributed by atoms with van der Waals surface area (Å²) in [4.78, 5) is 2.00. The second-order valence-corrected chi connectivity index (χ2v) is 3.69. The van der Waals surface area contributed by atoms with Crippen LogP contribution in [0.1, 0.15) is 16.7 Å². The molecule has 1 aromatic carbocycles. The third kappa shape index (κ3) is 1.88. The molecule has 0 aliphatic rings. The molecule has 0 spiro atoms. The first-order valence-electron chi connectivity index (χ1n) is 4.72. The fourth-order valence-electron chi connectivity index (χ4n) is 1.71. The van der Waals surface area contributed by atoms with E-state index in [9.17, 15) is 0 Å². The minimum absolute atomic E-state index is 0.436. The molecule has 0 saturated heterocycles. The highest BCUT2D eigenvalue weighted by molar-refractivity contribution is 5.61. The summed E-state index contributed by atoms with van der Waals surface area (Å²) >= 11 is 0. The molecule has 0 aromatic heterocycles. The topological polar surface area (TPSA) is 27.0 Å². The van der Waals surface area contributed by atoms with E-state index in [1.165, 1.54) is 22.4 Å². The average Bonchev–Trinajstić information content (AvgIpc) is 2.13. The van der Waals surface area contributed by atoms with Crippen molar-refractivity contribution < 1.29 is 0 Å². The van der Waals surface area contributed by atoms with Gasteiger partial charge in [-0.1, -0.05) is 12.1 Å². The Labute approximate surface area is 85.8 Å². The summed E-state index contributed by atoms with van der Waals surface area (Å²) in [6.45, 7) is 6.71. The Bertz CT molecular complexity index is 375. The molecule has 0 N–H and O–H groups in total. The zero-order valence-corrected chi connectivity index (χ0v) is 9.26. The van der Waals surface area contributed by atoms with Crippen LogP contribution < -0.4 is 4.90 Å². The highest BCUT2D eigenvalue weighted by Crippen LogP contribution is 2.25. The molecule has 0 unspecified atom stereocenters. The van der Waals surface area contributed by atoms with Crippen molar-refractivity contribution in [2.45, 2.75) is 20.8 Å². The molecule has 0 aliphatic carbocycles. The van der Waals surface area contributed by atoms with E-state index in [2.05, 4.69) is 39.0 Å². The molecule has 1 rings (SSSR count). The predicted molar refractivity (Wildman–Crippen MR) is 59.5 cm³/mol. The van der Waals surface area contributed by atoms with E-state index >= 15 is 0 Å². The highest BCUT2D eigenvalue weighted by atomic mass is 15.1. The highest BCUT2D eigenvalue weighted by Gasteiger charge is 2.08. The quantitative estimate of drug-likeness (QED) is 0.667. The zero-order chi connectivity index (χ0) is 10.7. The Balaban J connectivity index is 3.19. The molecule has 2 nitrogen and oxygen atoms in total. The van der Waals surface area contributed by atoms with Crippen LogP contribution in [0.3, 0.4) is 0 Å². The number of hydrogen-bond donors (Lipinski definition) is 0. The van der Waals surface area contributed by atoms with Gasteiger partial charge in [0.05, 0.1) is 6.07 Å². The summed E-state index contributed by atoms with van der Waals surface area (Å²) in [6.07, 6.45) is 0. The van der Waals surface area contributed by atoms with Crippen LogP contribution in [0, 0.1) is 32.1 Å². The first-order valence-corrected chi connectivity index (χ1v) is 4.72. The van der Waals surface area contributed by atoms with Crippen LogP contribution in [0.5, 0.6) is 0 Å². The van der Waals surface area contributed by atoms with E-state index in [1.807, 2.05) is 11.9 Å². The van der Waals surface area contributed by atoms with Gasteiger partial charge in [-0.3, -0.25) is 0 Å². The van der Waals surface area contributed by atoms with Crippen LogP contribution in [0.2, 0.25) is 0 Å². The maximum atomic E-state index is 8.66. The van der Waals surface area contributed by atoms with Crippen molar-refractivity contribution in [1.29, 1.82) is 5.26 Å². The van der Waals surface area contributed by atoms with E-state index < -0.39 is 0 Å². The van der Waals surface area contributed by atoms with Crippen molar-refractivity contribution in [2.75, 3.05) is 18.5 Å². The molecule has 0 fully saturated rings. The fourth-order valence-corrected chi connectivity index (χ4v) is 1.71. The van der Waals surface area contributed by atoms with Gasteiger partial charge in [-0.05, 0) is 37.5 Å². The molecule has 0 aliphatic heterocycles. The van der Waals surface area contributed by atoms with Crippen molar-refractivity contribution in [3.8, 4) is 6.07 Å². The number of anilines is 1. The van der Waals surface area contributed by atoms with Crippen molar-refractivity contribution >= 4 is 5.69 Å². The Morgan fingerprint density at radius 2 is 1.79 bits per heavy atom. The van der Waals surface area contributed by atoms with Gasteiger partial charge in [0.1, 0.15) is 6.54 Å². The summed E-state index contributed by atoms with van der Waals surface area (Å²) in [6, 6.07) is 6.39. The van der Waals surface area contributed by atoms with Crippen LogP contribution in [-0.4, -0.2) is 13.6 Å². The van der Waals surface area contributed by atoms with Crippen molar-refractivity contribution in [3.63, 3.8) is 0 Å². The van der Waals surface area contributed by atoms with Gasteiger partial charge in [0.25, 0.3) is 0 Å². The minimum Gasteiger partial charge on any atom is -0.361 e. The number of hydrogen-bond acceptors (Lipinski definition) is 2. The Morgan fingerprint density at radius 1 is 1.21 bits per heavy atom. The van der Waals surface area contributed by atoms with Crippen LogP contribution in [0.15, 0.2) is 12.1 Å². The molecule has 0 atom stereocenters. The maximum Gasteiger partial charge on any atom is 0.105 e. The van der Waals surface area contributed by atoms with Crippen LogP contribution in [0.4, 0.5) is 5.69 Å². The molecule has 0 radical (unpaired) electrons. The Hall–Kier alpha value is -1.49. The average molecular weight is 188 g/mol. The molecule has 1 aromatic rings. The molecular weight excluding hydrogens is 172 g/mol. The molecular formula is C12H16N2. The second-order valence-electron chi connectivity index (χ2n) is 3.69. The number of aryl methyl sites for hydroxylation is 2. The van der Waals surface area contributed by atoms with E-state index in [-0.39, 0.29) is 0 Å². The maximum absolute atomic E-state index is 8.66. The summed E-state index contributed by atoms with van der Waals surface area (Å²) in [7, 11) is 1.96. The molecule has 2 heteroatoms. The van der Waals surface area contributed by atoms with Gasteiger partial charge in [0.2, 0.25) is 0 Å². The third-order valence-electron chi connectivity index (χ3n) is 2.59. The summed E-state index contributed by atoms with van der Waals surface area (Å²) < 4.78 is 0. The van der Waals surface area contributed by atoms with Gasteiger partial charge >= 0.3 is 0 Å². The van der Waals surface area contributed by atoms with E-state index in [1.54, 1.807) is 0 Å². The first kappa shape index (κ1) is 10.6. The van der Waals surface area contributed by atoms with Gasteiger partial charge in [-0.2, -0.15) is 5.26 Å². The van der Waals surface area contributed by atoms with Gasteiger partial charge in [-0.15, -0.1) is 0 Å². The normalized spacial score (nSPS) is 9.64.